The molecule has 0 radical (unpaired) electrons. The van der Waals surface area contributed by atoms with Gasteiger partial charge in [0.25, 0.3) is 0 Å². The Labute approximate surface area is 106 Å². The van der Waals surface area contributed by atoms with Gasteiger partial charge in [0.2, 0.25) is 0 Å². The van der Waals surface area contributed by atoms with Crippen LogP contribution in [0.15, 0.2) is 36.7 Å². The van der Waals surface area contributed by atoms with E-state index in [1.807, 2.05) is 18.3 Å². The molecule has 0 aromatic carbocycles. The van der Waals surface area contributed by atoms with Crippen molar-refractivity contribution in [2.24, 2.45) is 5.73 Å². The molecule has 2 aromatic rings. The predicted octanol–water partition coefficient (Wildman–Crippen LogP) is 2.42. The molecule has 94 valence electrons. The summed E-state index contributed by atoms with van der Waals surface area (Å²) in [6.45, 7) is 2.09. The quantitative estimate of drug-likeness (QED) is 0.900. The van der Waals surface area contributed by atoms with Crippen molar-refractivity contribution < 1.29 is 4.39 Å². The second-order valence-corrected chi connectivity index (χ2v) is 4.22. The van der Waals surface area contributed by atoms with Crippen LogP contribution in [0.3, 0.4) is 0 Å². The average molecular weight is 245 g/mol. The molecule has 2 N–H and O–H groups in total. The molecule has 0 saturated heterocycles. The summed E-state index contributed by atoms with van der Waals surface area (Å²) in [7, 11) is 0. The van der Waals surface area contributed by atoms with E-state index in [1.165, 1.54) is 17.8 Å². The Morgan fingerprint density at radius 2 is 2.00 bits per heavy atom. The van der Waals surface area contributed by atoms with Crippen LogP contribution in [0.2, 0.25) is 0 Å². The number of hydrogen-bond acceptors (Lipinski definition) is 3. The van der Waals surface area contributed by atoms with E-state index in [2.05, 4.69) is 16.9 Å². The normalized spacial score (nSPS) is 12.4. The average Bonchev–Trinajstić information content (AvgIpc) is 2.40. The lowest BCUT2D eigenvalue weighted by Gasteiger charge is -2.10. The lowest BCUT2D eigenvalue weighted by atomic mass is 10.1. The van der Waals surface area contributed by atoms with E-state index in [-0.39, 0.29) is 11.9 Å². The summed E-state index contributed by atoms with van der Waals surface area (Å²) in [5.41, 5.74) is 8.82. The van der Waals surface area contributed by atoms with Crippen LogP contribution >= 0.6 is 0 Å². The van der Waals surface area contributed by atoms with Crippen molar-refractivity contribution in [3.8, 4) is 0 Å². The van der Waals surface area contributed by atoms with E-state index in [1.54, 1.807) is 6.07 Å². The second kappa shape index (κ2) is 5.69. The molecule has 1 unspecified atom stereocenters. The molecule has 0 spiro atoms. The van der Waals surface area contributed by atoms with Gasteiger partial charge < -0.3 is 5.73 Å². The molecule has 18 heavy (non-hydrogen) atoms. The maximum atomic E-state index is 12.7. The van der Waals surface area contributed by atoms with Crippen molar-refractivity contribution in [1.29, 1.82) is 0 Å². The Kier molecular flexibility index (Phi) is 3.99. The second-order valence-electron chi connectivity index (χ2n) is 4.22. The molecule has 3 nitrogen and oxygen atoms in total. The van der Waals surface area contributed by atoms with E-state index in [9.17, 15) is 4.39 Å². The van der Waals surface area contributed by atoms with Crippen molar-refractivity contribution in [2.75, 3.05) is 0 Å². The summed E-state index contributed by atoms with van der Waals surface area (Å²) in [6, 6.07) is 6.75. The Bertz CT molecular complexity index is 493. The molecule has 0 fully saturated rings. The Morgan fingerprint density at radius 1 is 1.17 bits per heavy atom. The number of rotatable bonds is 4. The molecule has 0 aliphatic carbocycles. The fraction of sp³-hybridized carbons (Fsp3) is 0.286. The van der Waals surface area contributed by atoms with Gasteiger partial charge in [0, 0.05) is 18.3 Å². The monoisotopic (exact) mass is 245 g/mol. The molecule has 0 amide bonds. The van der Waals surface area contributed by atoms with Crippen LogP contribution in [-0.2, 0) is 12.8 Å². The van der Waals surface area contributed by atoms with Gasteiger partial charge in [0.05, 0.1) is 17.9 Å². The largest absolute Gasteiger partial charge is 0.322 e. The van der Waals surface area contributed by atoms with Crippen LogP contribution in [0, 0.1) is 5.82 Å². The molecule has 2 aromatic heterocycles. The summed E-state index contributed by atoms with van der Waals surface area (Å²) in [5.74, 6) is -0.351. The fourth-order valence-corrected chi connectivity index (χ4v) is 1.72. The van der Waals surface area contributed by atoms with Gasteiger partial charge in [0.15, 0.2) is 0 Å². The number of nitrogens with two attached hydrogens (primary N) is 1. The van der Waals surface area contributed by atoms with Gasteiger partial charge in [-0.3, -0.25) is 9.97 Å². The lowest BCUT2D eigenvalue weighted by Crippen LogP contribution is -2.15. The zero-order chi connectivity index (χ0) is 13.0. The molecule has 0 aliphatic heterocycles. The highest BCUT2D eigenvalue weighted by Gasteiger charge is 2.09. The molecular weight excluding hydrogens is 229 g/mol. The summed E-state index contributed by atoms with van der Waals surface area (Å²) >= 11 is 0. The Hall–Kier alpha value is -1.81. The topological polar surface area (TPSA) is 51.8 Å². The zero-order valence-electron chi connectivity index (χ0n) is 10.3. The fourth-order valence-electron chi connectivity index (χ4n) is 1.72. The molecule has 0 aliphatic rings. The molecule has 0 bridgehead atoms. The van der Waals surface area contributed by atoms with Gasteiger partial charge in [-0.15, -0.1) is 0 Å². The van der Waals surface area contributed by atoms with E-state index < -0.39 is 0 Å². The maximum Gasteiger partial charge on any atom is 0.141 e. The summed E-state index contributed by atoms with van der Waals surface area (Å²) < 4.78 is 12.7. The molecule has 2 heterocycles. The van der Waals surface area contributed by atoms with Crippen LogP contribution in [-0.4, -0.2) is 9.97 Å². The van der Waals surface area contributed by atoms with Gasteiger partial charge in [0.1, 0.15) is 5.82 Å². The smallest absolute Gasteiger partial charge is 0.141 e. The number of nitrogens with zero attached hydrogens (tertiary/aromatic N) is 2. The number of aryl methyl sites for hydroxylation is 1. The molecule has 4 heteroatoms. The van der Waals surface area contributed by atoms with Crippen molar-refractivity contribution >= 4 is 0 Å². The summed E-state index contributed by atoms with van der Waals surface area (Å²) in [6.07, 6.45) is 4.62. The Morgan fingerprint density at radius 3 is 2.56 bits per heavy atom. The van der Waals surface area contributed by atoms with Crippen molar-refractivity contribution in [3.63, 3.8) is 0 Å². The molecule has 0 saturated carbocycles. The molecular formula is C14H16FN3. The standard InChI is InChI=1S/C14H16FN3/c1-2-10-3-5-12(17-8-10)7-13(16)14-6-4-11(15)9-18-14/h3-6,8-9,13H,2,7,16H2,1H3. The number of aromatic nitrogens is 2. The number of halogens is 1. The third kappa shape index (κ3) is 3.11. The van der Waals surface area contributed by atoms with Crippen LogP contribution in [0.4, 0.5) is 4.39 Å². The minimum Gasteiger partial charge on any atom is -0.322 e. The highest BCUT2D eigenvalue weighted by molar-refractivity contribution is 5.17. The Balaban J connectivity index is 2.05. The van der Waals surface area contributed by atoms with Gasteiger partial charge >= 0.3 is 0 Å². The van der Waals surface area contributed by atoms with Gasteiger partial charge in [-0.05, 0) is 30.2 Å². The zero-order valence-corrected chi connectivity index (χ0v) is 10.3. The molecule has 2 rings (SSSR count). The van der Waals surface area contributed by atoms with Crippen molar-refractivity contribution in [1.82, 2.24) is 9.97 Å². The van der Waals surface area contributed by atoms with Crippen LogP contribution < -0.4 is 5.73 Å². The van der Waals surface area contributed by atoms with Gasteiger partial charge in [-0.25, -0.2) is 4.39 Å². The third-order valence-electron chi connectivity index (χ3n) is 2.85. The van der Waals surface area contributed by atoms with Crippen LogP contribution in [0.5, 0.6) is 0 Å². The van der Waals surface area contributed by atoms with Crippen LogP contribution in [0.25, 0.3) is 0 Å². The van der Waals surface area contributed by atoms with Crippen molar-refractivity contribution in [3.05, 3.63) is 59.4 Å². The lowest BCUT2D eigenvalue weighted by molar-refractivity contribution is 0.611. The SMILES string of the molecule is CCc1ccc(CC(N)c2ccc(F)cn2)nc1. The van der Waals surface area contributed by atoms with E-state index >= 15 is 0 Å². The third-order valence-corrected chi connectivity index (χ3v) is 2.85. The van der Waals surface area contributed by atoms with E-state index in [4.69, 9.17) is 5.73 Å². The van der Waals surface area contributed by atoms with E-state index in [0.717, 1.165) is 12.1 Å². The number of hydrogen-bond donors (Lipinski definition) is 1. The van der Waals surface area contributed by atoms with Gasteiger partial charge in [-0.1, -0.05) is 13.0 Å². The first kappa shape index (κ1) is 12.6. The summed E-state index contributed by atoms with van der Waals surface area (Å²) in [5, 5.41) is 0. The maximum absolute atomic E-state index is 12.7. The first-order valence-electron chi connectivity index (χ1n) is 6.00. The minimum atomic E-state index is -0.351. The van der Waals surface area contributed by atoms with Gasteiger partial charge in [-0.2, -0.15) is 0 Å². The van der Waals surface area contributed by atoms with Crippen LogP contribution in [0.1, 0.15) is 29.9 Å². The number of pyridine rings is 2. The highest BCUT2D eigenvalue weighted by atomic mass is 19.1. The predicted molar refractivity (Wildman–Crippen MR) is 68.4 cm³/mol. The molecule has 1 atom stereocenters. The first-order valence-corrected chi connectivity index (χ1v) is 6.00. The summed E-state index contributed by atoms with van der Waals surface area (Å²) in [4.78, 5) is 8.33. The highest BCUT2D eigenvalue weighted by Crippen LogP contribution is 2.13. The van der Waals surface area contributed by atoms with Crippen molar-refractivity contribution in [2.45, 2.75) is 25.8 Å². The first-order chi connectivity index (χ1) is 8.69. The minimum absolute atomic E-state index is 0.259. The van der Waals surface area contributed by atoms with E-state index in [0.29, 0.717) is 12.1 Å².